The molecular weight excluding hydrogens is 341 g/mol. The van der Waals surface area contributed by atoms with Gasteiger partial charge in [0.1, 0.15) is 11.6 Å². The molecule has 2 aromatic rings. The number of pyridine rings is 1. The number of hydrogen-bond donors (Lipinski definition) is 0. The Bertz CT molecular complexity index is 778. The van der Waals surface area contributed by atoms with Crippen LogP contribution in [-0.2, 0) is 6.42 Å². The number of anilines is 1. The Hall–Kier alpha value is -2.43. The predicted octanol–water partition coefficient (Wildman–Crippen LogP) is 3.92. The predicted molar refractivity (Wildman–Crippen MR) is 104 cm³/mol. The molecule has 142 valence electrons. The van der Waals surface area contributed by atoms with Crippen LogP contribution in [-0.4, -0.2) is 42.0 Å². The molecule has 2 aliphatic rings. The van der Waals surface area contributed by atoms with Crippen molar-refractivity contribution < 1.29 is 9.18 Å². The first-order chi connectivity index (χ1) is 13.2. The Balaban J connectivity index is 1.36. The zero-order valence-electron chi connectivity index (χ0n) is 15.6. The molecule has 0 N–H and O–H groups in total. The van der Waals surface area contributed by atoms with Gasteiger partial charge in [0.15, 0.2) is 0 Å². The fraction of sp³-hybridized carbons (Fsp3) is 0.455. The van der Waals surface area contributed by atoms with Crippen LogP contribution in [0.3, 0.4) is 0 Å². The molecule has 0 saturated carbocycles. The zero-order chi connectivity index (χ0) is 18.6. The first-order valence-corrected chi connectivity index (χ1v) is 9.94. The molecular formula is C22H26FN3O. The van der Waals surface area contributed by atoms with Gasteiger partial charge in [0.2, 0.25) is 0 Å². The van der Waals surface area contributed by atoms with E-state index in [1.165, 1.54) is 17.7 Å². The number of benzene rings is 1. The second kappa shape index (κ2) is 8.07. The van der Waals surface area contributed by atoms with Gasteiger partial charge in [-0.1, -0.05) is 12.1 Å². The minimum Gasteiger partial charge on any atom is -0.357 e. The maximum absolute atomic E-state index is 13.1. The summed E-state index contributed by atoms with van der Waals surface area (Å²) in [4.78, 5) is 21.3. The standard InChI is InChI=1S/C22H26FN3O/c23-20-5-3-17(4-6-20)15-18-8-13-25(14-9-18)21-16-19(7-10-24-21)22(27)26-11-1-2-12-26/h3-7,10,16,18H,1-2,8-9,11-15H2. The van der Waals surface area contributed by atoms with Crippen LogP contribution in [0.25, 0.3) is 0 Å². The molecule has 2 aliphatic heterocycles. The van der Waals surface area contributed by atoms with E-state index in [2.05, 4.69) is 9.88 Å². The number of piperidine rings is 1. The van der Waals surface area contributed by atoms with Gasteiger partial charge in [-0.3, -0.25) is 4.79 Å². The molecule has 27 heavy (non-hydrogen) atoms. The Morgan fingerprint density at radius 3 is 2.44 bits per heavy atom. The van der Waals surface area contributed by atoms with Gasteiger partial charge in [0.25, 0.3) is 5.91 Å². The quantitative estimate of drug-likeness (QED) is 0.822. The number of nitrogens with zero attached hydrogens (tertiary/aromatic N) is 3. The summed E-state index contributed by atoms with van der Waals surface area (Å²) < 4.78 is 13.1. The van der Waals surface area contributed by atoms with Crippen molar-refractivity contribution in [1.82, 2.24) is 9.88 Å². The van der Waals surface area contributed by atoms with Gasteiger partial charge in [-0.15, -0.1) is 0 Å². The maximum Gasteiger partial charge on any atom is 0.254 e. The summed E-state index contributed by atoms with van der Waals surface area (Å²) in [6, 6.07) is 10.6. The monoisotopic (exact) mass is 367 g/mol. The van der Waals surface area contributed by atoms with E-state index in [-0.39, 0.29) is 11.7 Å². The minimum atomic E-state index is -0.178. The molecule has 0 aliphatic carbocycles. The van der Waals surface area contributed by atoms with Crippen LogP contribution in [0.1, 0.15) is 41.6 Å². The summed E-state index contributed by atoms with van der Waals surface area (Å²) in [5.41, 5.74) is 1.95. The van der Waals surface area contributed by atoms with Crippen molar-refractivity contribution >= 4 is 11.7 Å². The fourth-order valence-electron chi connectivity index (χ4n) is 4.15. The first kappa shape index (κ1) is 18.0. The number of carbonyl (C=O) groups is 1. The topological polar surface area (TPSA) is 36.4 Å². The number of carbonyl (C=O) groups excluding carboxylic acids is 1. The van der Waals surface area contributed by atoms with Gasteiger partial charge in [-0.2, -0.15) is 0 Å². The van der Waals surface area contributed by atoms with Crippen molar-refractivity contribution in [2.24, 2.45) is 5.92 Å². The lowest BCUT2D eigenvalue weighted by Crippen LogP contribution is -2.35. The summed E-state index contributed by atoms with van der Waals surface area (Å²) in [5, 5.41) is 0. The first-order valence-electron chi connectivity index (χ1n) is 9.94. The highest BCUT2D eigenvalue weighted by Gasteiger charge is 2.23. The van der Waals surface area contributed by atoms with E-state index in [1.807, 2.05) is 29.2 Å². The van der Waals surface area contributed by atoms with E-state index in [9.17, 15) is 9.18 Å². The van der Waals surface area contributed by atoms with E-state index in [1.54, 1.807) is 6.20 Å². The number of halogens is 1. The van der Waals surface area contributed by atoms with E-state index in [4.69, 9.17) is 0 Å². The number of amides is 1. The lowest BCUT2D eigenvalue weighted by Gasteiger charge is -2.33. The van der Waals surface area contributed by atoms with Crippen LogP contribution < -0.4 is 4.90 Å². The SMILES string of the molecule is O=C(c1ccnc(N2CCC(Cc3ccc(F)cc3)CC2)c1)N1CCCC1. The second-order valence-electron chi connectivity index (χ2n) is 7.66. The lowest BCUT2D eigenvalue weighted by atomic mass is 9.90. The van der Waals surface area contributed by atoms with Crippen molar-refractivity contribution in [3.8, 4) is 0 Å². The van der Waals surface area contributed by atoms with Crippen LogP contribution in [0.5, 0.6) is 0 Å². The Morgan fingerprint density at radius 1 is 1.04 bits per heavy atom. The van der Waals surface area contributed by atoms with Crippen LogP contribution in [0, 0.1) is 11.7 Å². The molecule has 4 nitrogen and oxygen atoms in total. The number of likely N-dealkylation sites (tertiary alicyclic amines) is 1. The summed E-state index contributed by atoms with van der Waals surface area (Å²) >= 11 is 0. The van der Waals surface area contributed by atoms with Crippen molar-refractivity contribution in [3.63, 3.8) is 0 Å². The maximum atomic E-state index is 13.1. The largest absolute Gasteiger partial charge is 0.357 e. The molecule has 0 radical (unpaired) electrons. The third-order valence-electron chi connectivity index (χ3n) is 5.76. The Morgan fingerprint density at radius 2 is 1.74 bits per heavy atom. The van der Waals surface area contributed by atoms with Crippen molar-refractivity contribution in [1.29, 1.82) is 0 Å². The van der Waals surface area contributed by atoms with E-state index in [0.717, 1.165) is 69.7 Å². The smallest absolute Gasteiger partial charge is 0.254 e. The summed E-state index contributed by atoms with van der Waals surface area (Å²) in [6.45, 7) is 3.62. The third kappa shape index (κ3) is 4.29. The number of aromatic nitrogens is 1. The van der Waals surface area contributed by atoms with Crippen molar-refractivity contribution in [2.75, 3.05) is 31.1 Å². The van der Waals surface area contributed by atoms with Crippen LogP contribution in [0.2, 0.25) is 0 Å². The minimum absolute atomic E-state index is 0.127. The summed E-state index contributed by atoms with van der Waals surface area (Å²) in [6.07, 6.45) is 7.13. The van der Waals surface area contributed by atoms with Gasteiger partial charge >= 0.3 is 0 Å². The highest BCUT2D eigenvalue weighted by molar-refractivity contribution is 5.95. The van der Waals surface area contributed by atoms with Crippen LogP contribution in [0.15, 0.2) is 42.6 Å². The van der Waals surface area contributed by atoms with Gasteiger partial charge in [0.05, 0.1) is 0 Å². The van der Waals surface area contributed by atoms with Gasteiger partial charge < -0.3 is 9.80 Å². The Kier molecular flexibility index (Phi) is 5.37. The zero-order valence-corrected chi connectivity index (χ0v) is 15.6. The molecule has 5 heteroatoms. The van der Waals surface area contributed by atoms with Gasteiger partial charge in [-0.05, 0) is 67.9 Å². The van der Waals surface area contributed by atoms with E-state index < -0.39 is 0 Å². The molecule has 2 saturated heterocycles. The summed E-state index contributed by atoms with van der Waals surface area (Å²) in [5.74, 6) is 1.46. The van der Waals surface area contributed by atoms with Crippen LogP contribution in [0.4, 0.5) is 10.2 Å². The number of hydrogen-bond acceptors (Lipinski definition) is 3. The van der Waals surface area contributed by atoms with E-state index in [0.29, 0.717) is 5.92 Å². The average molecular weight is 367 g/mol. The molecule has 1 aromatic heterocycles. The average Bonchev–Trinajstić information content (AvgIpc) is 3.25. The second-order valence-corrected chi connectivity index (χ2v) is 7.66. The molecule has 4 rings (SSSR count). The molecule has 0 unspecified atom stereocenters. The van der Waals surface area contributed by atoms with Crippen LogP contribution >= 0.6 is 0 Å². The Labute approximate surface area is 160 Å². The molecule has 3 heterocycles. The molecule has 0 bridgehead atoms. The van der Waals surface area contributed by atoms with Crippen molar-refractivity contribution in [2.45, 2.75) is 32.1 Å². The highest BCUT2D eigenvalue weighted by atomic mass is 19.1. The van der Waals surface area contributed by atoms with E-state index >= 15 is 0 Å². The molecule has 1 aromatic carbocycles. The highest BCUT2D eigenvalue weighted by Crippen LogP contribution is 2.25. The molecule has 0 spiro atoms. The molecule has 0 atom stereocenters. The van der Waals surface area contributed by atoms with Gasteiger partial charge in [-0.25, -0.2) is 9.37 Å². The van der Waals surface area contributed by atoms with Gasteiger partial charge in [0, 0.05) is 37.9 Å². The number of rotatable bonds is 4. The normalized spacial score (nSPS) is 18.1. The summed E-state index contributed by atoms with van der Waals surface area (Å²) in [7, 11) is 0. The molecule has 2 fully saturated rings. The fourth-order valence-corrected chi connectivity index (χ4v) is 4.15. The third-order valence-corrected chi connectivity index (χ3v) is 5.76. The molecule has 1 amide bonds. The van der Waals surface area contributed by atoms with Crippen molar-refractivity contribution in [3.05, 3.63) is 59.5 Å². The lowest BCUT2D eigenvalue weighted by molar-refractivity contribution is 0.0792.